The Morgan fingerprint density at radius 2 is 0.854 bits per heavy atom. The van der Waals surface area contributed by atoms with E-state index in [1.807, 2.05) is 66.4 Å². The number of carbonyl (C=O) groups excluding carboxylic acids is 2. The quantitative estimate of drug-likeness (QED) is 0.0819. The second kappa shape index (κ2) is 19.7. The van der Waals surface area contributed by atoms with Gasteiger partial charge in [0.25, 0.3) is 11.8 Å². The number of hydrogen-bond acceptors (Lipinski definition) is 4. The number of carbonyl (C=O) groups is 2. The third-order valence-corrected chi connectivity index (χ3v) is 11.3. The van der Waals surface area contributed by atoms with E-state index in [9.17, 15) is 9.59 Å². The molecule has 0 atom stereocenters. The molecule has 0 fully saturated rings. The van der Waals surface area contributed by atoms with Gasteiger partial charge >= 0.3 is 0 Å². The van der Waals surface area contributed by atoms with Gasteiger partial charge in [0, 0.05) is 14.7 Å². The second-order valence-corrected chi connectivity index (χ2v) is 15.3. The van der Waals surface area contributed by atoms with Crippen LogP contribution in [0.2, 0.25) is 0 Å². The zero-order valence-electron chi connectivity index (χ0n) is 28.7. The number of unbranched alkanes of at least 4 members (excludes halogenated alkanes) is 15. The topological polar surface area (TPSA) is 58.2 Å². The van der Waals surface area contributed by atoms with E-state index in [-0.39, 0.29) is 11.8 Å². The summed E-state index contributed by atoms with van der Waals surface area (Å²) in [5, 5.41) is 5.95. The molecule has 2 aliphatic heterocycles. The monoisotopic (exact) mass is 680 g/mol. The molecule has 5 rings (SSSR count). The average molecular weight is 681 g/mol. The minimum atomic E-state index is -0.238. The lowest BCUT2D eigenvalue weighted by Gasteiger charge is -2.09. The maximum absolute atomic E-state index is 13.1. The molecule has 0 saturated heterocycles. The Kier molecular flexibility index (Phi) is 14.8. The number of nitrogens with one attached hydrogen (secondary N) is 2. The standard InChI is InChI=1S/C42H52N2O2S2/c1-2-3-4-5-6-7-8-9-10-11-12-13-14-15-16-20-31-47-34-27-23-32(24-28-34)39-37-38(42(46)43-39)40(44-41(37)45)33-25-29-36(30-26-33)48-35-21-18-17-19-22-35/h17-19,21-30H,2-16,20,31H2,1H3,(H,43,46)(H,44,45). The fourth-order valence-corrected chi connectivity index (χ4v) is 8.24. The van der Waals surface area contributed by atoms with Crippen LogP contribution < -0.4 is 10.6 Å². The van der Waals surface area contributed by atoms with Gasteiger partial charge < -0.3 is 10.6 Å². The largest absolute Gasteiger partial charge is 0.321 e. The van der Waals surface area contributed by atoms with Crippen LogP contribution in [0.25, 0.3) is 11.4 Å². The van der Waals surface area contributed by atoms with Crippen LogP contribution in [-0.4, -0.2) is 17.6 Å². The van der Waals surface area contributed by atoms with Crippen LogP contribution in [0.15, 0.2) is 105 Å². The molecule has 0 spiro atoms. The van der Waals surface area contributed by atoms with Crippen molar-refractivity contribution in [1.29, 1.82) is 0 Å². The van der Waals surface area contributed by atoms with Crippen molar-refractivity contribution in [2.75, 3.05) is 5.75 Å². The summed E-state index contributed by atoms with van der Waals surface area (Å²) in [6, 6.07) is 26.4. The lowest BCUT2D eigenvalue weighted by Crippen LogP contribution is -2.21. The fraction of sp³-hybridized carbons (Fsp3) is 0.429. The van der Waals surface area contributed by atoms with Crippen molar-refractivity contribution in [3.05, 3.63) is 101 Å². The molecule has 3 aromatic rings. The number of fused-ring (bicyclic) bond motifs is 1. The van der Waals surface area contributed by atoms with Gasteiger partial charge in [-0.1, -0.05) is 157 Å². The fourth-order valence-electron chi connectivity index (χ4n) is 6.49. The van der Waals surface area contributed by atoms with Crippen molar-refractivity contribution in [2.45, 2.75) is 124 Å². The highest BCUT2D eigenvalue weighted by molar-refractivity contribution is 7.99. The van der Waals surface area contributed by atoms with Gasteiger partial charge in [-0.25, -0.2) is 0 Å². The van der Waals surface area contributed by atoms with Crippen molar-refractivity contribution in [1.82, 2.24) is 10.6 Å². The summed E-state index contributed by atoms with van der Waals surface area (Å²) in [7, 11) is 0. The van der Waals surface area contributed by atoms with Crippen LogP contribution in [0, 0.1) is 0 Å². The van der Waals surface area contributed by atoms with E-state index in [1.165, 1.54) is 108 Å². The molecule has 0 radical (unpaired) electrons. The number of thioether (sulfide) groups is 1. The molecular weight excluding hydrogens is 629 g/mol. The first-order valence-electron chi connectivity index (χ1n) is 18.3. The van der Waals surface area contributed by atoms with Crippen LogP contribution in [0.5, 0.6) is 0 Å². The van der Waals surface area contributed by atoms with E-state index in [0.29, 0.717) is 22.5 Å². The van der Waals surface area contributed by atoms with Crippen LogP contribution in [-0.2, 0) is 9.59 Å². The average Bonchev–Trinajstić information content (AvgIpc) is 3.64. The lowest BCUT2D eigenvalue weighted by atomic mass is 10.0. The molecule has 254 valence electrons. The van der Waals surface area contributed by atoms with Gasteiger partial charge in [0.15, 0.2) is 0 Å². The molecule has 2 N–H and O–H groups in total. The summed E-state index contributed by atoms with van der Waals surface area (Å²) in [5.41, 5.74) is 3.71. The Balaban J connectivity index is 1.01. The van der Waals surface area contributed by atoms with Crippen molar-refractivity contribution in [3.63, 3.8) is 0 Å². The first-order chi connectivity index (χ1) is 23.6. The first kappa shape index (κ1) is 36.1. The number of benzene rings is 3. The molecule has 0 aromatic heterocycles. The molecule has 2 heterocycles. The van der Waals surface area contributed by atoms with E-state index < -0.39 is 0 Å². The predicted octanol–water partition coefficient (Wildman–Crippen LogP) is 11.6. The molecule has 0 bridgehead atoms. The van der Waals surface area contributed by atoms with Crippen LogP contribution >= 0.6 is 23.5 Å². The van der Waals surface area contributed by atoms with Gasteiger partial charge in [-0.15, -0.1) is 11.8 Å². The number of hydrogen-bond donors (Lipinski definition) is 2. The van der Waals surface area contributed by atoms with E-state index in [0.717, 1.165) is 26.7 Å². The van der Waals surface area contributed by atoms with Gasteiger partial charge in [0.2, 0.25) is 0 Å². The number of rotatable bonds is 22. The van der Waals surface area contributed by atoms with Crippen molar-refractivity contribution in [2.24, 2.45) is 0 Å². The third kappa shape index (κ3) is 10.6. The maximum Gasteiger partial charge on any atom is 0.258 e. The van der Waals surface area contributed by atoms with Crippen molar-refractivity contribution < 1.29 is 9.59 Å². The van der Waals surface area contributed by atoms with E-state index in [4.69, 9.17) is 0 Å². The van der Waals surface area contributed by atoms with Gasteiger partial charge in [0.05, 0.1) is 22.5 Å². The Morgan fingerprint density at radius 1 is 0.458 bits per heavy atom. The first-order valence-corrected chi connectivity index (χ1v) is 20.1. The van der Waals surface area contributed by atoms with E-state index >= 15 is 0 Å². The number of amides is 2. The molecule has 4 nitrogen and oxygen atoms in total. The summed E-state index contributed by atoms with van der Waals surface area (Å²) in [4.78, 5) is 29.7. The maximum atomic E-state index is 13.1. The highest BCUT2D eigenvalue weighted by Gasteiger charge is 2.40. The summed E-state index contributed by atoms with van der Waals surface area (Å²) in [6.45, 7) is 2.29. The minimum Gasteiger partial charge on any atom is -0.321 e. The van der Waals surface area contributed by atoms with Gasteiger partial charge in [-0.05, 0) is 59.7 Å². The smallest absolute Gasteiger partial charge is 0.258 e. The molecule has 0 saturated carbocycles. The zero-order valence-corrected chi connectivity index (χ0v) is 30.3. The van der Waals surface area contributed by atoms with Crippen LogP contribution in [0.1, 0.15) is 121 Å². The zero-order chi connectivity index (χ0) is 33.4. The Bertz CT molecular complexity index is 1530. The molecule has 0 aliphatic carbocycles. The van der Waals surface area contributed by atoms with Crippen LogP contribution in [0.4, 0.5) is 0 Å². The third-order valence-electron chi connectivity index (χ3n) is 9.21. The second-order valence-electron chi connectivity index (χ2n) is 13.0. The normalized spacial score (nSPS) is 14.1. The minimum absolute atomic E-state index is 0.238. The molecule has 6 heteroatoms. The van der Waals surface area contributed by atoms with E-state index in [2.05, 4.69) is 41.8 Å². The molecule has 3 aromatic carbocycles. The summed E-state index contributed by atoms with van der Waals surface area (Å²) < 4.78 is 0. The Hall–Kier alpha value is -3.22. The summed E-state index contributed by atoms with van der Waals surface area (Å²) >= 11 is 3.56. The summed E-state index contributed by atoms with van der Waals surface area (Å²) in [5.74, 6) is 0.639. The predicted molar refractivity (Wildman–Crippen MR) is 204 cm³/mol. The Morgan fingerprint density at radius 3 is 1.31 bits per heavy atom. The van der Waals surface area contributed by atoms with Gasteiger partial charge in [-0.2, -0.15) is 0 Å². The molecule has 48 heavy (non-hydrogen) atoms. The molecule has 2 aliphatic rings. The van der Waals surface area contributed by atoms with Crippen molar-refractivity contribution in [3.8, 4) is 0 Å². The van der Waals surface area contributed by atoms with Crippen molar-refractivity contribution >= 4 is 46.7 Å². The molecular formula is C42H52N2O2S2. The molecule has 2 amide bonds. The van der Waals surface area contributed by atoms with E-state index in [1.54, 1.807) is 11.8 Å². The van der Waals surface area contributed by atoms with Gasteiger partial charge in [0.1, 0.15) is 0 Å². The van der Waals surface area contributed by atoms with Gasteiger partial charge in [-0.3, -0.25) is 9.59 Å². The summed E-state index contributed by atoms with van der Waals surface area (Å²) in [6.07, 6.45) is 22.2. The lowest BCUT2D eigenvalue weighted by molar-refractivity contribution is -0.117. The Labute approximate surface area is 297 Å². The SMILES string of the molecule is CCCCCCCCCCCCCCCCCCSc1ccc(C2=C3C(=O)NC(c4ccc(Sc5ccccc5)cc4)=C3C(=O)N2)cc1. The highest BCUT2D eigenvalue weighted by Crippen LogP contribution is 2.38. The highest BCUT2D eigenvalue weighted by atomic mass is 32.2. The van der Waals surface area contributed by atoms with Crippen LogP contribution in [0.3, 0.4) is 0 Å². The molecule has 0 unspecified atom stereocenters.